The van der Waals surface area contributed by atoms with E-state index in [-0.39, 0.29) is 12.5 Å². The Morgan fingerprint density at radius 3 is 1.92 bits per heavy atom. The molecule has 2 aromatic rings. The summed E-state index contributed by atoms with van der Waals surface area (Å²) in [6.45, 7) is 3.74. The van der Waals surface area contributed by atoms with Crippen LogP contribution in [0.1, 0.15) is 25.0 Å². The molecular weight excluding hydrogens is 348 g/mol. The molecule has 0 atom stereocenters. The number of sulfonamides is 1. The van der Waals surface area contributed by atoms with Gasteiger partial charge >= 0.3 is 0 Å². The van der Waals surface area contributed by atoms with Crippen molar-refractivity contribution in [2.75, 3.05) is 29.1 Å². The van der Waals surface area contributed by atoms with Crippen molar-refractivity contribution in [3.05, 3.63) is 59.7 Å². The van der Waals surface area contributed by atoms with Gasteiger partial charge in [-0.25, -0.2) is 8.42 Å². The Balaban J connectivity index is 2.43. The van der Waals surface area contributed by atoms with Gasteiger partial charge in [0, 0.05) is 12.7 Å². The van der Waals surface area contributed by atoms with E-state index < -0.39 is 10.0 Å². The highest BCUT2D eigenvalue weighted by Crippen LogP contribution is 2.29. The fourth-order valence-electron chi connectivity index (χ4n) is 2.92. The van der Waals surface area contributed by atoms with Crippen molar-refractivity contribution >= 4 is 27.3 Å². The van der Waals surface area contributed by atoms with Gasteiger partial charge in [-0.1, -0.05) is 50.2 Å². The number of carbonyl (C=O) groups is 1. The van der Waals surface area contributed by atoms with Gasteiger partial charge in [-0.2, -0.15) is 0 Å². The first-order valence-electron chi connectivity index (χ1n) is 8.69. The molecule has 0 radical (unpaired) electrons. The van der Waals surface area contributed by atoms with Crippen LogP contribution in [0.4, 0.5) is 11.4 Å². The van der Waals surface area contributed by atoms with Gasteiger partial charge in [0.15, 0.2) is 0 Å². The van der Waals surface area contributed by atoms with Crippen LogP contribution in [0.15, 0.2) is 48.5 Å². The normalized spacial score (nSPS) is 11.2. The van der Waals surface area contributed by atoms with Crippen molar-refractivity contribution in [1.82, 2.24) is 0 Å². The summed E-state index contributed by atoms with van der Waals surface area (Å²) in [6.07, 6.45) is 2.53. The summed E-state index contributed by atoms with van der Waals surface area (Å²) >= 11 is 0. The monoisotopic (exact) mass is 374 g/mol. The average molecular weight is 375 g/mol. The fraction of sp³-hybridized carbons (Fsp3) is 0.350. The summed E-state index contributed by atoms with van der Waals surface area (Å²) in [5.41, 5.74) is 3.20. The number of carbonyl (C=O) groups excluding carboxylic acids is 1. The molecule has 26 heavy (non-hydrogen) atoms. The number of aryl methyl sites for hydroxylation is 2. The number of nitrogens with zero attached hydrogens (tertiary/aromatic N) is 2. The minimum atomic E-state index is -3.61. The maximum Gasteiger partial charge on any atom is 0.247 e. The lowest BCUT2D eigenvalue weighted by molar-refractivity contribution is -0.116. The number of hydrogen-bond acceptors (Lipinski definition) is 3. The third kappa shape index (κ3) is 4.43. The number of anilines is 2. The first-order chi connectivity index (χ1) is 12.3. The van der Waals surface area contributed by atoms with Gasteiger partial charge in [-0.05, 0) is 36.1 Å². The molecule has 6 heteroatoms. The number of rotatable bonds is 7. The second-order valence-corrected chi connectivity index (χ2v) is 8.10. The zero-order valence-electron chi connectivity index (χ0n) is 15.8. The molecule has 0 saturated carbocycles. The molecule has 2 aromatic carbocycles. The molecule has 0 spiro atoms. The van der Waals surface area contributed by atoms with Crippen LogP contribution in [-0.4, -0.2) is 34.2 Å². The summed E-state index contributed by atoms with van der Waals surface area (Å²) in [5, 5.41) is 0. The molecule has 0 aliphatic carbocycles. The lowest BCUT2D eigenvalue weighted by Crippen LogP contribution is -2.42. The Morgan fingerprint density at radius 2 is 1.46 bits per heavy atom. The highest BCUT2D eigenvalue weighted by atomic mass is 32.2. The van der Waals surface area contributed by atoms with E-state index in [2.05, 4.69) is 0 Å². The topological polar surface area (TPSA) is 57.7 Å². The van der Waals surface area contributed by atoms with E-state index in [9.17, 15) is 13.2 Å². The SMILES string of the molecule is CCc1cccc(CC)c1N(CC(=O)N(C)c1ccccc1)S(C)(=O)=O. The van der Waals surface area contributed by atoms with E-state index in [0.29, 0.717) is 18.5 Å². The first-order valence-corrected chi connectivity index (χ1v) is 10.5. The van der Waals surface area contributed by atoms with E-state index >= 15 is 0 Å². The molecule has 2 rings (SSSR count). The number of amides is 1. The molecule has 140 valence electrons. The molecule has 0 unspecified atom stereocenters. The van der Waals surface area contributed by atoms with Gasteiger partial charge in [0.1, 0.15) is 6.54 Å². The third-order valence-electron chi connectivity index (χ3n) is 4.41. The van der Waals surface area contributed by atoms with Gasteiger partial charge in [0.2, 0.25) is 15.9 Å². The molecule has 0 fully saturated rings. The molecule has 0 N–H and O–H groups in total. The quantitative estimate of drug-likeness (QED) is 0.748. The molecule has 0 heterocycles. The molecule has 0 aliphatic rings. The van der Waals surface area contributed by atoms with E-state index in [0.717, 1.165) is 23.1 Å². The van der Waals surface area contributed by atoms with Crippen LogP contribution in [0, 0.1) is 0 Å². The van der Waals surface area contributed by atoms with Crippen LogP contribution in [0.5, 0.6) is 0 Å². The summed E-state index contributed by atoms with van der Waals surface area (Å²) in [5.74, 6) is -0.283. The average Bonchev–Trinajstić information content (AvgIpc) is 2.64. The molecule has 1 amide bonds. The van der Waals surface area contributed by atoms with Gasteiger partial charge < -0.3 is 4.90 Å². The van der Waals surface area contributed by atoms with Crippen LogP contribution in [0.25, 0.3) is 0 Å². The number of para-hydroxylation sites is 2. The number of hydrogen-bond donors (Lipinski definition) is 0. The van der Waals surface area contributed by atoms with Crippen LogP contribution in [0.2, 0.25) is 0 Å². The fourth-order valence-corrected chi connectivity index (χ4v) is 3.83. The zero-order valence-corrected chi connectivity index (χ0v) is 16.6. The Kier molecular flexibility index (Phi) is 6.42. The summed E-state index contributed by atoms with van der Waals surface area (Å²) < 4.78 is 26.3. The van der Waals surface area contributed by atoms with Crippen molar-refractivity contribution in [2.45, 2.75) is 26.7 Å². The number of likely N-dealkylation sites (N-methyl/N-ethyl adjacent to an activating group) is 1. The maximum atomic E-state index is 12.8. The highest BCUT2D eigenvalue weighted by Gasteiger charge is 2.26. The lowest BCUT2D eigenvalue weighted by Gasteiger charge is -2.28. The standard InChI is InChI=1S/C20H26N2O3S/c1-5-16-11-10-12-17(6-2)20(16)22(26(4,24)25)15-19(23)21(3)18-13-8-7-9-14-18/h7-14H,5-6,15H2,1-4H3. The summed E-state index contributed by atoms with van der Waals surface area (Å²) in [6, 6.07) is 15.0. The minimum absolute atomic E-state index is 0.228. The van der Waals surface area contributed by atoms with Gasteiger partial charge in [0.25, 0.3) is 0 Å². The molecule has 0 aliphatic heterocycles. The van der Waals surface area contributed by atoms with Gasteiger partial charge in [0.05, 0.1) is 11.9 Å². The Hall–Kier alpha value is -2.34. The summed E-state index contributed by atoms with van der Waals surface area (Å²) in [7, 11) is -1.95. The first kappa shape index (κ1) is 20.0. The predicted octanol–water partition coefficient (Wildman–Crippen LogP) is 3.24. The highest BCUT2D eigenvalue weighted by molar-refractivity contribution is 7.92. The smallest absolute Gasteiger partial charge is 0.247 e. The van der Waals surface area contributed by atoms with E-state index in [1.165, 1.54) is 9.21 Å². The van der Waals surface area contributed by atoms with Crippen molar-refractivity contribution in [2.24, 2.45) is 0 Å². The zero-order chi connectivity index (χ0) is 19.3. The second kappa shape index (κ2) is 8.36. The Bertz CT molecular complexity index is 842. The number of benzene rings is 2. The minimum Gasteiger partial charge on any atom is -0.314 e. The van der Waals surface area contributed by atoms with Crippen molar-refractivity contribution < 1.29 is 13.2 Å². The molecule has 0 aromatic heterocycles. The van der Waals surface area contributed by atoms with Crippen LogP contribution < -0.4 is 9.21 Å². The van der Waals surface area contributed by atoms with Gasteiger partial charge in [-0.3, -0.25) is 9.10 Å². The lowest BCUT2D eigenvalue weighted by atomic mass is 10.0. The van der Waals surface area contributed by atoms with E-state index in [1.807, 2.05) is 62.4 Å². The van der Waals surface area contributed by atoms with Crippen LogP contribution in [-0.2, 0) is 27.7 Å². The second-order valence-electron chi connectivity index (χ2n) is 6.19. The summed E-state index contributed by atoms with van der Waals surface area (Å²) in [4.78, 5) is 14.3. The molecule has 0 bridgehead atoms. The molecular formula is C20H26N2O3S. The Labute approximate surface area is 156 Å². The Morgan fingerprint density at radius 1 is 0.923 bits per heavy atom. The van der Waals surface area contributed by atoms with Crippen LogP contribution >= 0.6 is 0 Å². The third-order valence-corrected chi connectivity index (χ3v) is 5.52. The van der Waals surface area contributed by atoms with E-state index in [1.54, 1.807) is 7.05 Å². The molecule has 5 nitrogen and oxygen atoms in total. The van der Waals surface area contributed by atoms with Crippen LogP contribution in [0.3, 0.4) is 0 Å². The van der Waals surface area contributed by atoms with Gasteiger partial charge in [-0.15, -0.1) is 0 Å². The van der Waals surface area contributed by atoms with E-state index in [4.69, 9.17) is 0 Å². The largest absolute Gasteiger partial charge is 0.314 e. The predicted molar refractivity (Wildman–Crippen MR) is 107 cm³/mol. The van der Waals surface area contributed by atoms with Crippen molar-refractivity contribution in [3.8, 4) is 0 Å². The maximum absolute atomic E-state index is 12.8. The van der Waals surface area contributed by atoms with Crippen molar-refractivity contribution in [1.29, 1.82) is 0 Å². The van der Waals surface area contributed by atoms with Crippen molar-refractivity contribution in [3.63, 3.8) is 0 Å². The molecule has 0 saturated heterocycles.